The van der Waals surface area contributed by atoms with Crippen molar-refractivity contribution in [3.05, 3.63) is 0 Å². The summed E-state index contributed by atoms with van der Waals surface area (Å²) >= 11 is 0. The zero-order valence-electron chi connectivity index (χ0n) is 6.93. The fraction of sp³-hybridized carbons (Fsp3) is 0.875. The molecule has 0 radical (unpaired) electrons. The molecule has 1 aliphatic heterocycles. The predicted octanol–water partition coefficient (Wildman–Crippen LogP) is 1.63. The molecule has 10 heavy (non-hydrogen) atoms. The second-order valence-electron chi connectivity index (χ2n) is 2.59. The zero-order chi connectivity index (χ0) is 7.82. The summed E-state index contributed by atoms with van der Waals surface area (Å²) in [6, 6.07) is 1.75. The summed E-state index contributed by atoms with van der Waals surface area (Å²) in [5.41, 5.74) is 0. The molecule has 2 nitrogen and oxygen atoms in total. The minimum atomic E-state index is 1.32. The van der Waals surface area contributed by atoms with E-state index in [9.17, 15) is 0 Å². The van der Waals surface area contributed by atoms with Crippen LogP contribution >= 0.6 is 0 Å². The molecule has 0 aliphatic carbocycles. The van der Waals surface area contributed by atoms with Crippen LogP contribution in [0.3, 0.4) is 0 Å². The number of nitrogens with zero attached hydrogens (tertiary/aromatic N) is 2. The molecule has 0 spiro atoms. The van der Waals surface area contributed by atoms with Crippen LogP contribution < -0.4 is 0 Å². The van der Waals surface area contributed by atoms with Crippen molar-refractivity contribution in [2.24, 2.45) is 0 Å². The van der Waals surface area contributed by atoms with Gasteiger partial charge in [0, 0.05) is 6.92 Å². The molecule has 0 amide bonds. The number of likely N-dealkylation sites (tertiary alicyclic amines) is 1. The van der Waals surface area contributed by atoms with Gasteiger partial charge < -0.3 is 4.90 Å². The summed E-state index contributed by atoms with van der Waals surface area (Å²) in [7, 11) is 2.19. The SMILES string of the molecule is CC#N.CN1CCCCC1. The summed E-state index contributed by atoms with van der Waals surface area (Å²) < 4.78 is 0. The first-order chi connectivity index (χ1) is 4.81. The van der Waals surface area contributed by atoms with Crippen molar-refractivity contribution in [2.75, 3.05) is 20.1 Å². The highest BCUT2D eigenvalue weighted by atomic mass is 15.1. The maximum absolute atomic E-state index is 7.32. The average Bonchev–Trinajstić information content (AvgIpc) is 1.91. The Morgan fingerprint density at radius 3 is 1.80 bits per heavy atom. The molecule has 0 aromatic heterocycles. The zero-order valence-corrected chi connectivity index (χ0v) is 6.93. The van der Waals surface area contributed by atoms with Crippen LogP contribution in [0.2, 0.25) is 0 Å². The Morgan fingerprint density at radius 2 is 1.60 bits per heavy atom. The van der Waals surface area contributed by atoms with E-state index in [2.05, 4.69) is 11.9 Å². The predicted molar refractivity (Wildman–Crippen MR) is 42.6 cm³/mol. The summed E-state index contributed by atoms with van der Waals surface area (Å²) in [5.74, 6) is 0. The molecule has 2 heteroatoms. The van der Waals surface area contributed by atoms with Crippen molar-refractivity contribution < 1.29 is 0 Å². The lowest BCUT2D eigenvalue weighted by Gasteiger charge is -2.20. The lowest BCUT2D eigenvalue weighted by atomic mass is 10.1. The Morgan fingerprint density at radius 1 is 1.20 bits per heavy atom. The minimum Gasteiger partial charge on any atom is -0.306 e. The highest BCUT2D eigenvalue weighted by Gasteiger charge is 2.02. The summed E-state index contributed by atoms with van der Waals surface area (Å²) in [4.78, 5) is 2.39. The van der Waals surface area contributed by atoms with Crippen LogP contribution in [-0.2, 0) is 0 Å². The van der Waals surface area contributed by atoms with Crippen LogP contribution in [0.4, 0.5) is 0 Å². The highest BCUT2D eigenvalue weighted by molar-refractivity contribution is 4.58. The van der Waals surface area contributed by atoms with Gasteiger partial charge in [-0.05, 0) is 33.0 Å². The van der Waals surface area contributed by atoms with Crippen molar-refractivity contribution in [2.45, 2.75) is 26.2 Å². The van der Waals surface area contributed by atoms with Crippen LogP contribution in [0.1, 0.15) is 26.2 Å². The molecule has 1 heterocycles. The Balaban J connectivity index is 0.000000236. The summed E-state index contributed by atoms with van der Waals surface area (Å²) in [6.45, 7) is 4.07. The summed E-state index contributed by atoms with van der Waals surface area (Å²) in [6.07, 6.45) is 4.28. The number of hydrogen-bond donors (Lipinski definition) is 0. The van der Waals surface area contributed by atoms with E-state index >= 15 is 0 Å². The van der Waals surface area contributed by atoms with E-state index in [1.807, 2.05) is 0 Å². The largest absolute Gasteiger partial charge is 0.306 e. The first-order valence-corrected chi connectivity index (χ1v) is 3.80. The quantitative estimate of drug-likeness (QED) is 0.511. The van der Waals surface area contributed by atoms with Crippen LogP contribution in [0.5, 0.6) is 0 Å². The molecule has 1 aliphatic rings. The van der Waals surface area contributed by atoms with E-state index in [0.29, 0.717) is 0 Å². The fourth-order valence-corrected chi connectivity index (χ4v) is 1.05. The van der Waals surface area contributed by atoms with Gasteiger partial charge in [-0.3, -0.25) is 0 Å². The second-order valence-corrected chi connectivity index (χ2v) is 2.59. The number of hydrogen-bond acceptors (Lipinski definition) is 2. The van der Waals surface area contributed by atoms with Crippen molar-refractivity contribution in [1.82, 2.24) is 4.90 Å². The van der Waals surface area contributed by atoms with E-state index in [1.165, 1.54) is 39.3 Å². The lowest BCUT2D eigenvalue weighted by molar-refractivity contribution is 0.277. The van der Waals surface area contributed by atoms with Gasteiger partial charge in [-0.15, -0.1) is 0 Å². The van der Waals surface area contributed by atoms with Gasteiger partial charge in [-0.1, -0.05) is 6.42 Å². The minimum absolute atomic E-state index is 1.32. The van der Waals surface area contributed by atoms with Crippen LogP contribution in [0.25, 0.3) is 0 Å². The van der Waals surface area contributed by atoms with Gasteiger partial charge in [0.25, 0.3) is 0 Å². The third-order valence-corrected chi connectivity index (χ3v) is 1.58. The summed E-state index contributed by atoms with van der Waals surface area (Å²) in [5, 5.41) is 7.32. The number of piperidine rings is 1. The number of rotatable bonds is 0. The van der Waals surface area contributed by atoms with Gasteiger partial charge >= 0.3 is 0 Å². The molecule has 0 N–H and O–H groups in total. The molecular weight excluding hydrogens is 124 g/mol. The van der Waals surface area contributed by atoms with Gasteiger partial charge in [-0.25, -0.2) is 0 Å². The van der Waals surface area contributed by atoms with Crippen molar-refractivity contribution in [3.8, 4) is 6.07 Å². The molecule has 1 rings (SSSR count). The molecule has 0 aromatic carbocycles. The molecule has 58 valence electrons. The molecule has 0 unspecified atom stereocenters. The maximum Gasteiger partial charge on any atom is 0.0587 e. The number of nitriles is 1. The van der Waals surface area contributed by atoms with Gasteiger partial charge in [-0.2, -0.15) is 5.26 Å². The van der Waals surface area contributed by atoms with Crippen molar-refractivity contribution >= 4 is 0 Å². The van der Waals surface area contributed by atoms with E-state index in [4.69, 9.17) is 5.26 Å². The standard InChI is InChI=1S/C6H13N.C2H3N/c1-7-5-3-2-4-6-7;1-2-3/h2-6H2,1H3;1H3. The lowest BCUT2D eigenvalue weighted by Crippen LogP contribution is -2.24. The maximum atomic E-state index is 7.32. The molecule has 0 aromatic rings. The van der Waals surface area contributed by atoms with Gasteiger partial charge in [0.05, 0.1) is 6.07 Å². The third kappa shape index (κ3) is 5.58. The first-order valence-electron chi connectivity index (χ1n) is 3.80. The van der Waals surface area contributed by atoms with Crippen LogP contribution in [0.15, 0.2) is 0 Å². The fourth-order valence-electron chi connectivity index (χ4n) is 1.05. The molecule has 0 bridgehead atoms. The Labute approximate surface area is 63.4 Å². The van der Waals surface area contributed by atoms with Crippen LogP contribution in [0, 0.1) is 11.3 Å². The van der Waals surface area contributed by atoms with Crippen molar-refractivity contribution in [3.63, 3.8) is 0 Å². The van der Waals surface area contributed by atoms with E-state index in [1.54, 1.807) is 6.07 Å². The monoisotopic (exact) mass is 140 g/mol. The molecule has 1 fully saturated rings. The normalized spacial score (nSPS) is 18.5. The van der Waals surface area contributed by atoms with E-state index < -0.39 is 0 Å². The van der Waals surface area contributed by atoms with Crippen LogP contribution in [-0.4, -0.2) is 25.0 Å². The van der Waals surface area contributed by atoms with Gasteiger partial charge in [0.15, 0.2) is 0 Å². The van der Waals surface area contributed by atoms with E-state index in [-0.39, 0.29) is 0 Å². The topological polar surface area (TPSA) is 27.0 Å². The van der Waals surface area contributed by atoms with Gasteiger partial charge in [0.2, 0.25) is 0 Å². The second kappa shape index (κ2) is 6.57. The molecule has 0 saturated carbocycles. The Hall–Kier alpha value is -0.550. The van der Waals surface area contributed by atoms with Gasteiger partial charge in [0.1, 0.15) is 0 Å². The highest BCUT2D eigenvalue weighted by Crippen LogP contribution is 2.04. The average molecular weight is 140 g/mol. The molecule has 1 saturated heterocycles. The Bertz CT molecular complexity index is 98.3. The molecule has 0 atom stereocenters. The third-order valence-electron chi connectivity index (χ3n) is 1.58. The van der Waals surface area contributed by atoms with Crippen molar-refractivity contribution in [1.29, 1.82) is 5.26 Å². The first kappa shape index (κ1) is 9.45. The Kier molecular flexibility index (Phi) is 6.21. The van der Waals surface area contributed by atoms with E-state index in [0.717, 1.165) is 0 Å². The molecular formula is C8H16N2. The smallest absolute Gasteiger partial charge is 0.0587 e.